The summed E-state index contributed by atoms with van der Waals surface area (Å²) in [6.07, 6.45) is 11.9. The molecule has 0 aromatic rings. The topological polar surface area (TPSA) is 52.6 Å². The van der Waals surface area contributed by atoms with Gasteiger partial charge in [-0.15, -0.1) is 0 Å². The van der Waals surface area contributed by atoms with Crippen LogP contribution in [-0.4, -0.2) is 25.2 Å². The fourth-order valence-corrected chi connectivity index (χ4v) is 1.19. The van der Waals surface area contributed by atoms with E-state index in [1.807, 2.05) is 0 Å². The van der Waals surface area contributed by atoms with E-state index >= 15 is 0 Å². The number of unbranched alkanes of at least 4 members (excludes halogenated alkanes) is 4. The van der Waals surface area contributed by atoms with Crippen molar-refractivity contribution in [1.29, 1.82) is 0 Å². The molecule has 0 aliphatic heterocycles. The Balaban J connectivity index is 0. The maximum atomic E-state index is 10.8. The first-order valence-corrected chi connectivity index (χ1v) is 7.35. The second-order valence-electron chi connectivity index (χ2n) is 4.23. The lowest BCUT2D eigenvalue weighted by Crippen LogP contribution is -2.04. The van der Waals surface area contributed by atoms with E-state index in [-0.39, 0.29) is 13.2 Å². The monoisotopic (exact) mass is 296 g/mol. The van der Waals surface area contributed by atoms with Crippen LogP contribution in [0.25, 0.3) is 0 Å². The van der Waals surface area contributed by atoms with Gasteiger partial charge < -0.3 is 9.47 Å². The maximum absolute atomic E-state index is 10.8. The minimum atomic E-state index is -0.611. The minimum absolute atomic E-state index is 0.116. The predicted octanol–water partition coefficient (Wildman–Crippen LogP) is 3.98. The Morgan fingerprint density at radius 1 is 0.810 bits per heavy atom. The molecule has 0 aliphatic rings. The van der Waals surface area contributed by atoms with Gasteiger partial charge in [-0.05, 0) is 0 Å². The van der Waals surface area contributed by atoms with Crippen LogP contribution in [0, 0.1) is 0 Å². The van der Waals surface area contributed by atoms with Crippen LogP contribution in [0.5, 0.6) is 0 Å². The van der Waals surface area contributed by atoms with Crippen molar-refractivity contribution in [2.45, 2.75) is 46.0 Å². The second-order valence-corrected chi connectivity index (χ2v) is 4.23. The van der Waals surface area contributed by atoms with E-state index in [1.165, 1.54) is 44.3 Å². The molecule has 0 unspecified atom stereocenters. The summed E-state index contributed by atoms with van der Waals surface area (Å²) in [5.74, 6) is -1.22. The van der Waals surface area contributed by atoms with Crippen LogP contribution in [0.15, 0.2) is 37.5 Å². The van der Waals surface area contributed by atoms with Crippen molar-refractivity contribution in [3.63, 3.8) is 0 Å². The summed E-state index contributed by atoms with van der Waals surface area (Å²) in [4.78, 5) is 21.6. The average Bonchev–Trinajstić information content (AvgIpc) is 2.50. The fourth-order valence-electron chi connectivity index (χ4n) is 1.19. The number of esters is 2. The Hall–Kier alpha value is -1.84. The molecule has 0 N–H and O–H groups in total. The summed E-state index contributed by atoms with van der Waals surface area (Å²) in [7, 11) is 0. The molecule has 4 heteroatoms. The zero-order valence-corrected chi connectivity index (χ0v) is 13.3. The van der Waals surface area contributed by atoms with Crippen LogP contribution >= 0.6 is 0 Å². The molecule has 0 heterocycles. The number of carbonyl (C=O) groups is 2. The van der Waals surface area contributed by atoms with E-state index in [1.54, 1.807) is 0 Å². The molecule has 21 heavy (non-hydrogen) atoms. The molecular formula is C17H28O4. The van der Waals surface area contributed by atoms with Gasteiger partial charge >= 0.3 is 11.9 Å². The smallest absolute Gasteiger partial charge is 0.331 e. The highest BCUT2D eigenvalue weighted by Crippen LogP contribution is 2.00. The largest absolute Gasteiger partial charge is 0.458 e. The van der Waals surface area contributed by atoms with Crippen molar-refractivity contribution in [2.75, 3.05) is 13.2 Å². The number of ether oxygens (including phenoxy) is 2. The van der Waals surface area contributed by atoms with E-state index in [2.05, 4.69) is 36.5 Å². The molecule has 0 aromatic heterocycles. The minimum Gasteiger partial charge on any atom is -0.458 e. The van der Waals surface area contributed by atoms with Crippen molar-refractivity contribution in [3.8, 4) is 0 Å². The van der Waals surface area contributed by atoms with Gasteiger partial charge in [-0.1, -0.05) is 71.3 Å². The van der Waals surface area contributed by atoms with Crippen molar-refractivity contribution in [3.05, 3.63) is 37.5 Å². The highest BCUT2D eigenvalue weighted by Gasteiger charge is 1.98. The molecule has 0 amide bonds. The first-order chi connectivity index (χ1) is 10.1. The Kier molecular flexibility index (Phi) is 18.6. The van der Waals surface area contributed by atoms with Gasteiger partial charge in [-0.2, -0.15) is 0 Å². The van der Waals surface area contributed by atoms with Crippen LogP contribution in [-0.2, 0) is 19.1 Å². The number of hydrogen-bond acceptors (Lipinski definition) is 4. The van der Waals surface area contributed by atoms with E-state index in [0.717, 1.165) is 12.2 Å². The fraction of sp³-hybridized carbons (Fsp3) is 0.529. The van der Waals surface area contributed by atoms with Crippen molar-refractivity contribution in [1.82, 2.24) is 0 Å². The van der Waals surface area contributed by atoms with E-state index in [9.17, 15) is 9.59 Å². The number of carbonyl (C=O) groups excluding carboxylic acids is 2. The lowest BCUT2D eigenvalue weighted by Gasteiger charge is -1.96. The quantitative estimate of drug-likeness (QED) is 0.265. The van der Waals surface area contributed by atoms with Crippen LogP contribution in [0.1, 0.15) is 46.0 Å². The molecule has 0 spiro atoms. The molecule has 0 saturated heterocycles. The molecule has 0 saturated carbocycles. The van der Waals surface area contributed by atoms with Crippen LogP contribution < -0.4 is 0 Å². The SMILES string of the molecule is C=CCOC(=O)C=CC(=O)OCC=C.CCCCCCC. The molecule has 120 valence electrons. The lowest BCUT2D eigenvalue weighted by molar-refractivity contribution is -0.139. The van der Waals surface area contributed by atoms with Crippen molar-refractivity contribution < 1.29 is 19.1 Å². The molecule has 4 nitrogen and oxygen atoms in total. The van der Waals surface area contributed by atoms with Gasteiger partial charge in [0.2, 0.25) is 0 Å². The maximum Gasteiger partial charge on any atom is 0.331 e. The van der Waals surface area contributed by atoms with Crippen LogP contribution in [0.3, 0.4) is 0 Å². The molecule has 0 fully saturated rings. The van der Waals surface area contributed by atoms with Crippen molar-refractivity contribution >= 4 is 11.9 Å². The van der Waals surface area contributed by atoms with Gasteiger partial charge in [0.15, 0.2) is 0 Å². The first-order valence-electron chi connectivity index (χ1n) is 7.35. The zero-order chi connectivity index (χ0) is 16.3. The van der Waals surface area contributed by atoms with Gasteiger partial charge in [-0.3, -0.25) is 0 Å². The predicted molar refractivity (Wildman–Crippen MR) is 85.9 cm³/mol. The van der Waals surface area contributed by atoms with Gasteiger partial charge in [-0.25, -0.2) is 9.59 Å². The highest BCUT2D eigenvalue weighted by atomic mass is 16.5. The van der Waals surface area contributed by atoms with E-state index in [0.29, 0.717) is 0 Å². The normalized spacial score (nSPS) is 9.43. The summed E-state index contributed by atoms with van der Waals surface area (Å²) in [6.45, 7) is 11.5. The Bertz CT molecular complexity index is 289. The third kappa shape index (κ3) is 20.6. The summed E-state index contributed by atoms with van der Waals surface area (Å²) < 4.78 is 9.15. The second kappa shape index (κ2) is 18.2. The summed E-state index contributed by atoms with van der Waals surface area (Å²) in [6, 6.07) is 0. The van der Waals surface area contributed by atoms with E-state index < -0.39 is 11.9 Å². The Labute approximate surface area is 128 Å². The summed E-state index contributed by atoms with van der Waals surface area (Å²) in [5, 5.41) is 0. The molecule has 0 radical (unpaired) electrons. The molecule has 0 aromatic carbocycles. The summed E-state index contributed by atoms with van der Waals surface area (Å²) >= 11 is 0. The summed E-state index contributed by atoms with van der Waals surface area (Å²) in [5.41, 5.74) is 0. The van der Waals surface area contributed by atoms with Gasteiger partial charge in [0.1, 0.15) is 13.2 Å². The molecular weight excluding hydrogens is 268 g/mol. The standard InChI is InChI=1S/C10H12O4.C7H16/c1-3-7-13-9(11)5-6-10(12)14-8-4-2;1-3-5-7-6-4-2/h3-6H,1-2,7-8H2;3-7H2,1-2H3. The Morgan fingerprint density at radius 3 is 1.48 bits per heavy atom. The molecule has 0 rings (SSSR count). The molecule has 0 bridgehead atoms. The number of rotatable bonds is 10. The third-order valence-electron chi connectivity index (χ3n) is 2.25. The highest BCUT2D eigenvalue weighted by molar-refractivity contribution is 5.91. The van der Waals surface area contributed by atoms with Gasteiger partial charge in [0, 0.05) is 12.2 Å². The van der Waals surface area contributed by atoms with Crippen LogP contribution in [0.4, 0.5) is 0 Å². The molecule has 0 aliphatic carbocycles. The van der Waals surface area contributed by atoms with E-state index in [4.69, 9.17) is 0 Å². The average molecular weight is 296 g/mol. The number of hydrogen-bond donors (Lipinski definition) is 0. The lowest BCUT2D eigenvalue weighted by atomic mass is 10.2. The third-order valence-corrected chi connectivity index (χ3v) is 2.25. The Morgan fingerprint density at radius 2 is 1.19 bits per heavy atom. The van der Waals surface area contributed by atoms with Crippen LogP contribution in [0.2, 0.25) is 0 Å². The van der Waals surface area contributed by atoms with Gasteiger partial charge in [0.05, 0.1) is 0 Å². The van der Waals surface area contributed by atoms with Gasteiger partial charge in [0.25, 0.3) is 0 Å². The first kappa shape index (κ1) is 21.5. The van der Waals surface area contributed by atoms with Crippen molar-refractivity contribution in [2.24, 2.45) is 0 Å². The molecule has 0 atom stereocenters. The zero-order valence-electron chi connectivity index (χ0n) is 13.3.